The maximum atomic E-state index is 10.4. The highest BCUT2D eigenvalue weighted by atomic mass is 16.4. The van der Waals surface area contributed by atoms with Gasteiger partial charge in [0.15, 0.2) is 0 Å². The van der Waals surface area contributed by atoms with Crippen molar-refractivity contribution in [3.8, 4) is 0 Å². The minimum absolute atomic E-state index is 0.115. The third-order valence-corrected chi connectivity index (χ3v) is 2.06. The number of hydrogen-bond acceptors (Lipinski definition) is 3. The molecule has 0 aliphatic heterocycles. The Labute approximate surface area is 80.2 Å². The highest BCUT2D eigenvalue weighted by Crippen LogP contribution is 2.20. The Kier molecular flexibility index (Phi) is 2.18. The number of nitrogens with zero attached hydrogens (tertiary/aromatic N) is 1. The molecule has 0 aliphatic rings. The van der Waals surface area contributed by atoms with E-state index >= 15 is 0 Å². The second-order valence-electron chi connectivity index (χ2n) is 3.03. The number of furan rings is 1. The van der Waals surface area contributed by atoms with Gasteiger partial charge < -0.3 is 9.52 Å². The number of aryl methyl sites for hydroxylation is 1. The van der Waals surface area contributed by atoms with Crippen molar-refractivity contribution < 1.29 is 14.3 Å². The van der Waals surface area contributed by atoms with Gasteiger partial charge in [0.1, 0.15) is 5.58 Å². The van der Waals surface area contributed by atoms with Crippen LogP contribution >= 0.6 is 0 Å². The van der Waals surface area contributed by atoms with E-state index < -0.39 is 5.97 Å². The Morgan fingerprint density at radius 1 is 1.57 bits per heavy atom. The molecular formula is C10H9NO3. The van der Waals surface area contributed by atoms with E-state index in [4.69, 9.17) is 9.52 Å². The lowest BCUT2D eigenvalue weighted by atomic mass is 10.1. The van der Waals surface area contributed by atoms with E-state index in [-0.39, 0.29) is 6.42 Å². The van der Waals surface area contributed by atoms with Gasteiger partial charge in [0.2, 0.25) is 0 Å². The van der Waals surface area contributed by atoms with Crippen molar-refractivity contribution in [3.05, 3.63) is 30.3 Å². The standard InChI is InChI=1S/C10H9NO3/c12-10(13)2-1-7-6-14-9-3-4-11-5-8(7)9/h3-6H,1-2H2,(H,12,13). The van der Waals surface area contributed by atoms with Crippen molar-refractivity contribution in [2.45, 2.75) is 12.8 Å². The molecule has 0 atom stereocenters. The minimum Gasteiger partial charge on any atom is -0.481 e. The van der Waals surface area contributed by atoms with E-state index in [1.807, 2.05) is 0 Å². The van der Waals surface area contributed by atoms with Crippen molar-refractivity contribution in [1.82, 2.24) is 4.98 Å². The number of rotatable bonds is 3. The summed E-state index contributed by atoms with van der Waals surface area (Å²) in [6, 6.07) is 1.76. The number of carboxylic acid groups (broad SMARTS) is 1. The smallest absolute Gasteiger partial charge is 0.303 e. The van der Waals surface area contributed by atoms with Crippen LogP contribution in [-0.2, 0) is 11.2 Å². The third-order valence-electron chi connectivity index (χ3n) is 2.06. The van der Waals surface area contributed by atoms with E-state index in [1.165, 1.54) is 0 Å². The second-order valence-corrected chi connectivity index (χ2v) is 3.03. The molecular weight excluding hydrogens is 182 g/mol. The predicted molar refractivity (Wildman–Crippen MR) is 50.0 cm³/mol. The first-order valence-corrected chi connectivity index (χ1v) is 4.29. The third kappa shape index (κ3) is 1.59. The molecule has 0 saturated carbocycles. The summed E-state index contributed by atoms with van der Waals surface area (Å²) in [5, 5.41) is 9.44. The van der Waals surface area contributed by atoms with Gasteiger partial charge in [0.25, 0.3) is 0 Å². The Bertz CT molecular complexity index is 461. The van der Waals surface area contributed by atoms with Crippen LogP contribution < -0.4 is 0 Å². The summed E-state index contributed by atoms with van der Waals surface area (Å²) in [4.78, 5) is 14.3. The van der Waals surface area contributed by atoms with Crippen LogP contribution in [-0.4, -0.2) is 16.1 Å². The molecule has 0 aromatic carbocycles. The van der Waals surface area contributed by atoms with Crippen molar-refractivity contribution >= 4 is 16.9 Å². The maximum Gasteiger partial charge on any atom is 0.303 e. The quantitative estimate of drug-likeness (QED) is 0.804. The average molecular weight is 191 g/mol. The fraction of sp³-hybridized carbons (Fsp3) is 0.200. The molecule has 14 heavy (non-hydrogen) atoms. The molecule has 2 aromatic rings. The molecule has 2 aromatic heterocycles. The molecule has 2 rings (SSSR count). The summed E-state index contributed by atoms with van der Waals surface area (Å²) in [6.07, 6.45) is 5.52. The maximum absolute atomic E-state index is 10.4. The summed E-state index contributed by atoms with van der Waals surface area (Å²) in [6.45, 7) is 0. The van der Waals surface area contributed by atoms with Gasteiger partial charge >= 0.3 is 5.97 Å². The molecule has 0 unspecified atom stereocenters. The zero-order valence-corrected chi connectivity index (χ0v) is 7.43. The predicted octanol–water partition coefficient (Wildman–Crippen LogP) is 1.84. The summed E-state index contributed by atoms with van der Waals surface area (Å²) < 4.78 is 5.25. The van der Waals surface area contributed by atoms with Crippen molar-refractivity contribution in [1.29, 1.82) is 0 Å². The van der Waals surface area contributed by atoms with Crippen LogP contribution in [0.1, 0.15) is 12.0 Å². The Morgan fingerprint density at radius 2 is 2.43 bits per heavy atom. The molecule has 1 N–H and O–H groups in total. The molecule has 4 heteroatoms. The Balaban J connectivity index is 2.29. The van der Waals surface area contributed by atoms with Gasteiger partial charge in [-0.2, -0.15) is 0 Å². The minimum atomic E-state index is -0.803. The van der Waals surface area contributed by atoms with Gasteiger partial charge in [-0.05, 0) is 12.5 Å². The molecule has 4 nitrogen and oxygen atoms in total. The number of aliphatic carboxylic acids is 1. The SMILES string of the molecule is O=C(O)CCc1coc2ccncc12. The van der Waals surface area contributed by atoms with Gasteiger partial charge in [-0.3, -0.25) is 9.78 Å². The molecule has 2 heterocycles. The zero-order chi connectivity index (χ0) is 9.97. The van der Waals surface area contributed by atoms with Crippen molar-refractivity contribution in [2.24, 2.45) is 0 Å². The topological polar surface area (TPSA) is 63.3 Å². The van der Waals surface area contributed by atoms with Gasteiger partial charge in [0.05, 0.1) is 6.26 Å². The van der Waals surface area contributed by atoms with E-state index in [0.717, 1.165) is 16.5 Å². The normalized spacial score (nSPS) is 10.6. The first kappa shape index (κ1) is 8.74. The van der Waals surface area contributed by atoms with Crippen LogP contribution in [0, 0.1) is 0 Å². The molecule has 0 bridgehead atoms. The number of hydrogen-bond donors (Lipinski definition) is 1. The van der Waals surface area contributed by atoms with Crippen LogP contribution in [0.25, 0.3) is 11.0 Å². The van der Waals surface area contributed by atoms with E-state index in [9.17, 15) is 4.79 Å². The lowest BCUT2D eigenvalue weighted by Crippen LogP contribution is -1.96. The second kappa shape index (κ2) is 3.49. The largest absolute Gasteiger partial charge is 0.481 e. The highest BCUT2D eigenvalue weighted by molar-refractivity contribution is 5.80. The number of carbonyl (C=O) groups is 1. The van der Waals surface area contributed by atoms with Crippen molar-refractivity contribution in [3.63, 3.8) is 0 Å². The number of aromatic nitrogens is 1. The van der Waals surface area contributed by atoms with E-state index in [0.29, 0.717) is 6.42 Å². The van der Waals surface area contributed by atoms with Crippen molar-refractivity contribution in [2.75, 3.05) is 0 Å². The number of fused-ring (bicyclic) bond motifs is 1. The monoisotopic (exact) mass is 191 g/mol. The molecule has 72 valence electrons. The fourth-order valence-electron chi connectivity index (χ4n) is 1.36. The van der Waals surface area contributed by atoms with Crippen LogP contribution in [0.4, 0.5) is 0 Å². The Hall–Kier alpha value is -1.84. The molecule has 0 saturated heterocycles. The summed E-state index contributed by atoms with van der Waals surface area (Å²) in [5.41, 5.74) is 1.65. The van der Waals surface area contributed by atoms with Gasteiger partial charge in [0, 0.05) is 29.8 Å². The first-order chi connectivity index (χ1) is 6.77. The Morgan fingerprint density at radius 3 is 3.21 bits per heavy atom. The van der Waals surface area contributed by atoms with Gasteiger partial charge in [-0.15, -0.1) is 0 Å². The molecule has 0 amide bonds. The lowest BCUT2D eigenvalue weighted by Gasteiger charge is -1.93. The average Bonchev–Trinajstić information content (AvgIpc) is 2.58. The van der Waals surface area contributed by atoms with Crippen LogP contribution in [0.3, 0.4) is 0 Å². The highest BCUT2D eigenvalue weighted by Gasteiger charge is 2.06. The summed E-state index contributed by atoms with van der Waals surface area (Å²) >= 11 is 0. The first-order valence-electron chi connectivity index (χ1n) is 4.29. The fourth-order valence-corrected chi connectivity index (χ4v) is 1.36. The van der Waals surface area contributed by atoms with Crippen LogP contribution in [0.5, 0.6) is 0 Å². The van der Waals surface area contributed by atoms with E-state index in [2.05, 4.69) is 4.98 Å². The summed E-state index contributed by atoms with van der Waals surface area (Å²) in [5.74, 6) is -0.803. The molecule has 0 spiro atoms. The lowest BCUT2D eigenvalue weighted by molar-refractivity contribution is -0.136. The molecule has 0 aliphatic carbocycles. The number of pyridine rings is 1. The molecule has 0 radical (unpaired) electrons. The summed E-state index contributed by atoms with van der Waals surface area (Å²) in [7, 11) is 0. The van der Waals surface area contributed by atoms with Gasteiger partial charge in [-0.25, -0.2) is 0 Å². The molecule has 0 fully saturated rings. The van der Waals surface area contributed by atoms with Crippen LogP contribution in [0.15, 0.2) is 29.1 Å². The number of carboxylic acids is 1. The van der Waals surface area contributed by atoms with Gasteiger partial charge in [-0.1, -0.05) is 0 Å². The van der Waals surface area contributed by atoms with Crippen LogP contribution in [0.2, 0.25) is 0 Å². The van der Waals surface area contributed by atoms with E-state index in [1.54, 1.807) is 24.7 Å². The zero-order valence-electron chi connectivity index (χ0n) is 7.43.